The van der Waals surface area contributed by atoms with Crippen LogP contribution < -0.4 is 16.0 Å². The average Bonchev–Trinajstić information content (AvgIpc) is 2.42. The number of hydrogen-bond acceptors (Lipinski definition) is 3. The molecule has 1 amide bonds. The lowest BCUT2D eigenvalue weighted by Gasteiger charge is -2.35. The Hall–Kier alpha value is -2.15. The molecule has 0 aliphatic carbocycles. The van der Waals surface area contributed by atoms with E-state index < -0.39 is 0 Å². The highest BCUT2D eigenvalue weighted by Crippen LogP contribution is 2.30. The first kappa shape index (κ1) is 13.3. The predicted octanol–water partition coefficient (Wildman–Crippen LogP) is 1.16. The van der Waals surface area contributed by atoms with Gasteiger partial charge in [-0.05, 0) is 43.5 Å². The number of fused-ring (bicyclic) bond motifs is 1. The van der Waals surface area contributed by atoms with Crippen LogP contribution in [0.3, 0.4) is 0 Å². The summed E-state index contributed by atoms with van der Waals surface area (Å²) in [5.74, 6) is 2.38. The van der Waals surface area contributed by atoms with Crippen LogP contribution in [0.4, 0.5) is 11.4 Å². The quantitative estimate of drug-likeness (QED) is 0.631. The number of benzene rings is 1. The second-order valence-corrected chi connectivity index (χ2v) is 4.78. The fourth-order valence-electron chi connectivity index (χ4n) is 2.48. The molecule has 100 valence electrons. The van der Waals surface area contributed by atoms with Crippen molar-refractivity contribution in [3.63, 3.8) is 0 Å². The Morgan fingerprint density at radius 2 is 2.42 bits per heavy atom. The van der Waals surface area contributed by atoms with Crippen LogP contribution in [0.15, 0.2) is 18.2 Å². The molecule has 1 atom stereocenters. The first-order valence-corrected chi connectivity index (χ1v) is 6.49. The number of amides is 1. The van der Waals surface area contributed by atoms with Crippen molar-refractivity contribution in [3.8, 4) is 12.3 Å². The summed E-state index contributed by atoms with van der Waals surface area (Å²) in [5, 5.41) is 2.73. The lowest BCUT2D eigenvalue weighted by Crippen LogP contribution is -2.47. The van der Waals surface area contributed by atoms with Gasteiger partial charge in [0.2, 0.25) is 5.91 Å². The molecule has 0 fully saturated rings. The van der Waals surface area contributed by atoms with Gasteiger partial charge in [-0.15, -0.1) is 6.42 Å². The molecular formula is C15H19N3O. The van der Waals surface area contributed by atoms with Crippen molar-refractivity contribution in [1.82, 2.24) is 5.32 Å². The number of rotatable bonds is 3. The number of terminal acetylenes is 1. The second-order valence-electron chi connectivity index (χ2n) is 4.78. The molecule has 0 saturated heterocycles. The first-order valence-electron chi connectivity index (χ1n) is 6.49. The van der Waals surface area contributed by atoms with Crippen LogP contribution in [0.25, 0.3) is 0 Å². The summed E-state index contributed by atoms with van der Waals surface area (Å²) >= 11 is 0. The third kappa shape index (κ3) is 2.82. The van der Waals surface area contributed by atoms with E-state index in [1.54, 1.807) is 0 Å². The third-order valence-electron chi connectivity index (χ3n) is 3.47. The molecule has 0 radical (unpaired) electrons. The molecular weight excluding hydrogens is 238 g/mol. The summed E-state index contributed by atoms with van der Waals surface area (Å²) in [4.78, 5) is 14.1. The summed E-state index contributed by atoms with van der Waals surface area (Å²) in [6, 6.07) is 5.64. The number of nitrogens with zero attached hydrogens (tertiary/aromatic N) is 1. The Balaban J connectivity index is 2.19. The van der Waals surface area contributed by atoms with Gasteiger partial charge in [0.15, 0.2) is 0 Å². The van der Waals surface area contributed by atoms with Gasteiger partial charge in [-0.25, -0.2) is 0 Å². The fourth-order valence-corrected chi connectivity index (χ4v) is 2.48. The molecule has 1 aromatic rings. The van der Waals surface area contributed by atoms with Crippen molar-refractivity contribution in [2.45, 2.75) is 25.8 Å². The maximum atomic E-state index is 12.0. The second kappa shape index (κ2) is 5.66. The first-order chi connectivity index (χ1) is 9.13. The van der Waals surface area contributed by atoms with Gasteiger partial charge in [0, 0.05) is 17.9 Å². The molecule has 0 spiro atoms. The Morgan fingerprint density at radius 1 is 1.63 bits per heavy atom. The monoisotopic (exact) mass is 257 g/mol. The molecule has 1 unspecified atom stereocenters. The molecule has 3 N–H and O–H groups in total. The van der Waals surface area contributed by atoms with Crippen molar-refractivity contribution in [2.24, 2.45) is 0 Å². The highest BCUT2D eigenvalue weighted by Gasteiger charge is 2.25. The highest BCUT2D eigenvalue weighted by atomic mass is 16.2. The van der Waals surface area contributed by atoms with Gasteiger partial charge >= 0.3 is 0 Å². The van der Waals surface area contributed by atoms with E-state index in [1.807, 2.05) is 25.1 Å². The Labute approximate surface area is 114 Å². The van der Waals surface area contributed by atoms with E-state index in [1.165, 1.54) is 5.56 Å². The van der Waals surface area contributed by atoms with Crippen LogP contribution in [0.5, 0.6) is 0 Å². The number of nitrogens with two attached hydrogens (primary N) is 1. The summed E-state index contributed by atoms with van der Waals surface area (Å²) in [6.45, 7) is 3.05. The minimum atomic E-state index is -0.226. The zero-order chi connectivity index (χ0) is 13.8. The molecule has 1 aliphatic rings. The lowest BCUT2D eigenvalue weighted by atomic mass is 9.99. The van der Waals surface area contributed by atoms with Crippen molar-refractivity contribution >= 4 is 17.3 Å². The molecule has 1 aliphatic heterocycles. The summed E-state index contributed by atoms with van der Waals surface area (Å²) in [6.07, 6.45) is 7.20. The van der Waals surface area contributed by atoms with E-state index in [2.05, 4.69) is 16.1 Å². The number of carbonyl (C=O) groups is 1. The normalized spacial score (nSPS) is 15.3. The van der Waals surface area contributed by atoms with E-state index in [-0.39, 0.29) is 18.5 Å². The standard InChI is InChI=1S/C15H19N3O/c1-3-8-17-15(19)11(2)18-9-4-5-12-10-13(16)6-7-14(12)18/h1,6-7,10-11H,4-5,8-9,16H2,2H3,(H,17,19). The smallest absolute Gasteiger partial charge is 0.243 e. The Bertz CT molecular complexity index is 519. The summed E-state index contributed by atoms with van der Waals surface area (Å²) in [7, 11) is 0. The zero-order valence-electron chi connectivity index (χ0n) is 11.1. The van der Waals surface area contributed by atoms with Crippen LogP contribution in [-0.2, 0) is 11.2 Å². The Kier molecular flexibility index (Phi) is 3.96. The number of nitrogen functional groups attached to an aromatic ring is 1. The topological polar surface area (TPSA) is 58.4 Å². The van der Waals surface area contributed by atoms with Gasteiger partial charge < -0.3 is 16.0 Å². The van der Waals surface area contributed by atoms with Crippen LogP contribution >= 0.6 is 0 Å². The molecule has 0 aromatic heterocycles. The van der Waals surface area contributed by atoms with Crippen LogP contribution in [-0.4, -0.2) is 25.0 Å². The van der Waals surface area contributed by atoms with Crippen LogP contribution in [0, 0.1) is 12.3 Å². The number of anilines is 2. The van der Waals surface area contributed by atoms with E-state index in [0.29, 0.717) is 0 Å². The molecule has 1 heterocycles. The molecule has 4 heteroatoms. The van der Waals surface area contributed by atoms with Crippen LogP contribution in [0.1, 0.15) is 18.9 Å². The van der Waals surface area contributed by atoms with Crippen molar-refractivity contribution in [1.29, 1.82) is 0 Å². The number of carbonyl (C=O) groups excluding carboxylic acids is 1. The number of aryl methyl sites for hydroxylation is 1. The predicted molar refractivity (Wildman–Crippen MR) is 77.8 cm³/mol. The lowest BCUT2D eigenvalue weighted by molar-refractivity contribution is -0.121. The SMILES string of the molecule is C#CCNC(=O)C(C)N1CCCc2cc(N)ccc21. The van der Waals surface area contributed by atoms with Gasteiger partial charge in [-0.3, -0.25) is 4.79 Å². The minimum Gasteiger partial charge on any atom is -0.399 e. The third-order valence-corrected chi connectivity index (χ3v) is 3.47. The number of hydrogen-bond donors (Lipinski definition) is 2. The van der Waals surface area contributed by atoms with Gasteiger partial charge in [-0.1, -0.05) is 5.92 Å². The molecule has 0 bridgehead atoms. The zero-order valence-corrected chi connectivity index (χ0v) is 11.1. The largest absolute Gasteiger partial charge is 0.399 e. The van der Waals surface area contributed by atoms with E-state index in [0.717, 1.165) is 30.8 Å². The highest BCUT2D eigenvalue weighted by molar-refractivity contribution is 5.85. The Morgan fingerprint density at radius 3 is 3.16 bits per heavy atom. The summed E-state index contributed by atoms with van der Waals surface area (Å²) in [5.41, 5.74) is 8.89. The van der Waals surface area contributed by atoms with Crippen LogP contribution in [0.2, 0.25) is 0 Å². The van der Waals surface area contributed by atoms with Gasteiger partial charge in [0.1, 0.15) is 6.04 Å². The maximum absolute atomic E-state index is 12.0. The number of nitrogens with one attached hydrogen (secondary N) is 1. The van der Waals surface area contributed by atoms with Crippen molar-refractivity contribution in [2.75, 3.05) is 23.7 Å². The molecule has 2 rings (SSSR count). The van der Waals surface area contributed by atoms with Crippen molar-refractivity contribution in [3.05, 3.63) is 23.8 Å². The summed E-state index contributed by atoms with van der Waals surface area (Å²) < 4.78 is 0. The van der Waals surface area contributed by atoms with Gasteiger partial charge in [0.05, 0.1) is 6.54 Å². The average molecular weight is 257 g/mol. The molecule has 4 nitrogen and oxygen atoms in total. The van der Waals surface area contributed by atoms with Gasteiger partial charge in [-0.2, -0.15) is 0 Å². The minimum absolute atomic E-state index is 0.0392. The maximum Gasteiger partial charge on any atom is 0.243 e. The van der Waals surface area contributed by atoms with E-state index in [4.69, 9.17) is 12.2 Å². The fraction of sp³-hybridized carbons (Fsp3) is 0.400. The molecule has 1 aromatic carbocycles. The molecule has 0 saturated carbocycles. The van der Waals surface area contributed by atoms with E-state index >= 15 is 0 Å². The van der Waals surface area contributed by atoms with Crippen molar-refractivity contribution < 1.29 is 4.79 Å². The van der Waals surface area contributed by atoms with Gasteiger partial charge in [0.25, 0.3) is 0 Å². The molecule has 19 heavy (non-hydrogen) atoms. The van der Waals surface area contributed by atoms with E-state index in [9.17, 15) is 4.79 Å².